The van der Waals surface area contributed by atoms with Crippen molar-refractivity contribution in [3.63, 3.8) is 0 Å². The first-order valence-electron chi connectivity index (χ1n) is 6.01. The van der Waals surface area contributed by atoms with Gasteiger partial charge in [-0.25, -0.2) is 0 Å². The van der Waals surface area contributed by atoms with Crippen molar-refractivity contribution in [1.29, 1.82) is 0 Å². The van der Waals surface area contributed by atoms with Gasteiger partial charge >= 0.3 is 0 Å². The van der Waals surface area contributed by atoms with Gasteiger partial charge in [0.1, 0.15) is 0 Å². The minimum atomic E-state index is 0.0332. The number of hydrogen-bond donors (Lipinski definition) is 0. The van der Waals surface area contributed by atoms with E-state index in [0.29, 0.717) is 5.92 Å². The largest absolute Gasteiger partial charge is 0.292 e. The van der Waals surface area contributed by atoms with Crippen molar-refractivity contribution in [3.05, 3.63) is 36.0 Å². The number of rotatable bonds is 3. The predicted octanol–water partition coefficient (Wildman–Crippen LogP) is 4.18. The maximum absolute atomic E-state index is 4.42. The van der Waals surface area contributed by atoms with Crippen LogP contribution in [0.3, 0.4) is 0 Å². The Hall–Kier alpha value is -1.11. The Morgan fingerprint density at radius 3 is 2.69 bits per heavy atom. The molecule has 1 unspecified atom stereocenters. The van der Waals surface area contributed by atoms with Gasteiger partial charge in [-0.15, -0.1) is 0 Å². The van der Waals surface area contributed by atoms with E-state index < -0.39 is 0 Å². The standard InChI is InChI=1S/C15H23N/c1-6-9-14(16-5)15(3,4)13-11-8-7-10-12(13)2/h6-9,11-12H,10H2,1-5H3/b9-6-,16-14?. The van der Waals surface area contributed by atoms with Gasteiger partial charge in [0.2, 0.25) is 0 Å². The molecule has 0 N–H and O–H groups in total. The van der Waals surface area contributed by atoms with Crippen molar-refractivity contribution in [1.82, 2.24) is 0 Å². The summed E-state index contributed by atoms with van der Waals surface area (Å²) >= 11 is 0. The second-order valence-electron chi connectivity index (χ2n) is 4.92. The number of allylic oxidation sites excluding steroid dienone is 6. The maximum atomic E-state index is 4.42. The van der Waals surface area contributed by atoms with Gasteiger partial charge in [0.25, 0.3) is 0 Å². The van der Waals surface area contributed by atoms with E-state index in [4.69, 9.17) is 0 Å². The number of aliphatic imine (C=N–C) groups is 1. The van der Waals surface area contributed by atoms with Crippen LogP contribution in [0.25, 0.3) is 0 Å². The van der Waals surface area contributed by atoms with Crippen LogP contribution in [0.5, 0.6) is 0 Å². The quantitative estimate of drug-likeness (QED) is 0.629. The Morgan fingerprint density at radius 2 is 2.19 bits per heavy atom. The first-order valence-corrected chi connectivity index (χ1v) is 6.01. The van der Waals surface area contributed by atoms with Crippen LogP contribution in [0.1, 0.15) is 34.1 Å². The van der Waals surface area contributed by atoms with Gasteiger partial charge in [-0.2, -0.15) is 0 Å². The van der Waals surface area contributed by atoms with E-state index in [9.17, 15) is 0 Å². The topological polar surface area (TPSA) is 12.4 Å². The van der Waals surface area contributed by atoms with Crippen LogP contribution in [0.4, 0.5) is 0 Å². The van der Waals surface area contributed by atoms with E-state index in [1.807, 2.05) is 14.0 Å². The fourth-order valence-corrected chi connectivity index (χ4v) is 2.44. The third-order valence-corrected chi connectivity index (χ3v) is 3.36. The van der Waals surface area contributed by atoms with Gasteiger partial charge in [-0.3, -0.25) is 4.99 Å². The molecule has 0 amide bonds. The molecule has 0 spiro atoms. The average Bonchev–Trinajstić information content (AvgIpc) is 2.26. The molecule has 1 nitrogen and oxygen atoms in total. The molecule has 0 heterocycles. The normalized spacial score (nSPS) is 22.7. The highest BCUT2D eigenvalue weighted by atomic mass is 14.7. The second kappa shape index (κ2) is 5.29. The summed E-state index contributed by atoms with van der Waals surface area (Å²) in [7, 11) is 1.88. The van der Waals surface area contributed by atoms with Gasteiger partial charge in [-0.05, 0) is 25.3 Å². The summed E-state index contributed by atoms with van der Waals surface area (Å²) in [5, 5.41) is 0. The molecule has 0 saturated heterocycles. The molecule has 1 aliphatic rings. The van der Waals surface area contributed by atoms with E-state index in [-0.39, 0.29) is 5.41 Å². The molecule has 0 bridgehead atoms. The molecular weight excluding hydrogens is 194 g/mol. The lowest BCUT2D eigenvalue weighted by atomic mass is 9.72. The Morgan fingerprint density at radius 1 is 1.50 bits per heavy atom. The second-order valence-corrected chi connectivity index (χ2v) is 4.92. The third-order valence-electron chi connectivity index (χ3n) is 3.36. The van der Waals surface area contributed by atoms with E-state index in [1.165, 1.54) is 5.57 Å². The van der Waals surface area contributed by atoms with Gasteiger partial charge < -0.3 is 0 Å². The van der Waals surface area contributed by atoms with Gasteiger partial charge in [0.05, 0.1) is 0 Å². The highest BCUT2D eigenvalue weighted by Gasteiger charge is 2.30. The summed E-state index contributed by atoms with van der Waals surface area (Å²) in [5.41, 5.74) is 2.67. The van der Waals surface area contributed by atoms with Crippen LogP contribution in [0, 0.1) is 11.3 Å². The summed E-state index contributed by atoms with van der Waals surface area (Å²) in [6.07, 6.45) is 12.0. The summed E-state index contributed by atoms with van der Waals surface area (Å²) in [5.74, 6) is 0.613. The van der Waals surface area contributed by atoms with Gasteiger partial charge in [-0.1, -0.05) is 50.6 Å². The Labute approximate surface area is 99.7 Å². The predicted molar refractivity (Wildman–Crippen MR) is 73.0 cm³/mol. The van der Waals surface area contributed by atoms with Gasteiger partial charge in [0.15, 0.2) is 0 Å². The summed E-state index contributed by atoms with van der Waals surface area (Å²) in [6, 6.07) is 0. The summed E-state index contributed by atoms with van der Waals surface area (Å²) in [4.78, 5) is 4.42. The first kappa shape index (κ1) is 13.0. The van der Waals surface area contributed by atoms with Gasteiger partial charge in [0, 0.05) is 18.2 Å². The lowest BCUT2D eigenvalue weighted by molar-refractivity contribution is 0.514. The van der Waals surface area contributed by atoms with E-state index in [1.54, 1.807) is 0 Å². The zero-order chi connectivity index (χ0) is 12.2. The minimum absolute atomic E-state index is 0.0332. The third kappa shape index (κ3) is 2.52. The molecule has 0 aliphatic heterocycles. The lowest BCUT2D eigenvalue weighted by Crippen LogP contribution is -2.29. The zero-order valence-corrected chi connectivity index (χ0v) is 11.1. The minimum Gasteiger partial charge on any atom is -0.292 e. The van der Waals surface area contributed by atoms with E-state index in [0.717, 1.165) is 12.1 Å². The van der Waals surface area contributed by atoms with Crippen molar-refractivity contribution in [2.45, 2.75) is 34.1 Å². The molecule has 1 heteroatoms. The van der Waals surface area contributed by atoms with E-state index >= 15 is 0 Å². The molecule has 0 aromatic heterocycles. The fourth-order valence-electron chi connectivity index (χ4n) is 2.44. The fraction of sp³-hybridized carbons (Fsp3) is 0.533. The molecule has 0 fully saturated rings. The number of nitrogens with zero attached hydrogens (tertiary/aromatic N) is 1. The smallest absolute Gasteiger partial charge is 0.0438 e. The van der Waals surface area contributed by atoms with Crippen LogP contribution in [-0.2, 0) is 0 Å². The van der Waals surface area contributed by atoms with Crippen LogP contribution in [-0.4, -0.2) is 12.8 Å². The summed E-state index contributed by atoms with van der Waals surface area (Å²) in [6.45, 7) is 8.85. The maximum Gasteiger partial charge on any atom is 0.0438 e. The highest BCUT2D eigenvalue weighted by molar-refractivity contribution is 6.01. The molecule has 0 aromatic carbocycles. The monoisotopic (exact) mass is 217 g/mol. The van der Waals surface area contributed by atoms with Crippen LogP contribution >= 0.6 is 0 Å². The first-order chi connectivity index (χ1) is 7.54. The molecule has 88 valence electrons. The molecule has 0 saturated carbocycles. The molecule has 0 radical (unpaired) electrons. The number of hydrogen-bond acceptors (Lipinski definition) is 1. The molecule has 0 aromatic rings. The Kier molecular flexibility index (Phi) is 4.28. The Bertz CT molecular complexity index is 354. The van der Waals surface area contributed by atoms with Crippen molar-refractivity contribution in [3.8, 4) is 0 Å². The molecular formula is C15H23N. The molecule has 1 atom stereocenters. The summed E-state index contributed by atoms with van der Waals surface area (Å²) < 4.78 is 0. The lowest BCUT2D eigenvalue weighted by Gasteiger charge is -2.33. The van der Waals surface area contributed by atoms with E-state index in [2.05, 4.69) is 56.1 Å². The zero-order valence-electron chi connectivity index (χ0n) is 11.1. The van der Waals surface area contributed by atoms with Crippen molar-refractivity contribution in [2.75, 3.05) is 7.05 Å². The van der Waals surface area contributed by atoms with Crippen LogP contribution < -0.4 is 0 Å². The molecule has 16 heavy (non-hydrogen) atoms. The van der Waals surface area contributed by atoms with Crippen LogP contribution in [0.2, 0.25) is 0 Å². The van der Waals surface area contributed by atoms with Crippen molar-refractivity contribution < 1.29 is 0 Å². The van der Waals surface area contributed by atoms with Crippen molar-refractivity contribution >= 4 is 5.71 Å². The Balaban J connectivity index is 3.09. The van der Waals surface area contributed by atoms with Crippen molar-refractivity contribution in [2.24, 2.45) is 16.3 Å². The molecule has 1 rings (SSSR count). The highest BCUT2D eigenvalue weighted by Crippen LogP contribution is 2.37. The molecule has 1 aliphatic carbocycles. The average molecular weight is 217 g/mol. The SMILES string of the molecule is C/C=C\C(=NC)C(C)(C)C1=CC=CCC1C. The van der Waals surface area contributed by atoms with Crippen LogP contribution in [0.15, 0.2) is 40.9 Å².